The van der Waals surface area contributed by atoms with Gasteiger partial charge in [-0.05, 0) is 66.5 Å². The van der Waals surface area contributed by atoms with Gasteiger partial charge < -0.3 is 21.7 Å². The summed E-state index contributed by atoms with van der Waals surface area (Å²) in [5, 5.41) is 17.5. The third kappa shape index (κ3) is 5.61. The summed E-state index contributed by atoms with van der Waals surface area (Å²) in [7, 11) is 0. The third-order valence-electron chi connectivity index (χ3n) is 6.88. The van der Waals surface area contributed by atoms with E-state index in [1.54, 1.807) is 24.3 Å². The highest BCUT2D eigenvalue weighted by Gasteiger charge is 2.39. The number of hydroxylamine groups is 1. The maximum absolute atomic E-state index is 12.3. The third-order valence-corrected chi connectivity index (χ3v) is 6.88. The standard InChI is InChI=1S/C25H31N5O4/c26-13-22(25(33)30-34)29-24(32)18-5-3-16(4-6-18)17-7-9-20(10-8-17)28-23(31)14-27-21-12-15-1-2-19(21)11-15/h3-10,15,19,21-22,27,34H,1-2,11-14,26H2,(H,28,31)(H,29,32)(H,30,33)/t15-,19+,21?,22+/m1/s1. The van der Waals surface area contributed by atoms with Gasteiger partial charge in [-0.25, -0.2) is 5.48 Å². The van der Waals surface area contributed by atoms with Crippen LogP contribution in [0, 0.1) is 11.8 Å². The zero-order valence-corrected chi connectivity index (χ0v) is 18.9. The largest absolute Gasteiger partial charge is 0.339 e. The van der Waals surface area contributed by atoms with Gasteiger partial charge >= 0.3 is 0 Å². The lowest BCUT2D eigenvalue weighted by molar-refractivity contribution is -0.130. The van der Waals surface area contributed by atoms with E-state index in [1.807, 2.05) is 24.3 Å². The number of nitrogens with one attached hydrogen (secondary N) is 4. The van der Waals surface area contributed by atoms with Crippen molar-refractivity contribution in [2.24, 2.45) is 17.6 Å². The van der Waals surface area contributed by atoms with Gasteiger partial charge in [-0.3, -0.25) is 19.6 Å². The van der Waals surface area contributed by atoms with Crippen LogP contribution < -0.4 is 27.2 Å². The number of hydrogen-bond acceptors (Lipinski definition) is 6. The average molecular weight is 466 g/mol. The molecule has 34 heavy (non-hydrogen) atoms. The first-order chi connectivity index (χ1) is 16.5. The molecule has 9 nitrogen and oxygen atoms in total. The predicted octanol–water partition coefficient (Wildman–Crippen LogP) is 1.63. The van der Waals surface area contributed by atoms with E-state index in [9.17, 15) is 14.4 Å². The molecule has 2 aliphatic rings. The van der Waals surface area contributed by atoms with E-state index in [2.05, 4.69) is 16.0 Å². The minimum absolute atomic E-state index is 0.0449. The molecule has 2 saturated carbocycles. The fraction of sp³-hybridized carbons (Fsp3) is 0.400. The summed E-state index contributed by atoms with van der Waals surface area (Å²) in [6.45, 7) is 0.181. The Balaban J connectivity index is 1.28. The second-order valence-electron chi connectivity index (χ2n) is 9.10. The number of fused-ring (bicyclic) bond motifs is 2. The monoisotopic (exact) mass is 465 g/mol. The average Bonchev–Trinajstić information content (AvgIpc) is 3.50. The van der Waals surface area contributed by atoms with Crippen molar-refractivity contribution >= 4 is 23.4 Å². The molecule has 2 bridgehead atoms. The van der Waals surface area contributed by atoms with E-state index in [0.29, 0.717) is 18.2 Å². The van der Waals surface area contributed by atoms with Crippen molar-refractivity contribution in [1.29, 1.82) is 0 Å². The van der Waals surface area contributed by atoms with Crippen LogP contribution in [0.1, 0.15) is 36.0 Å². The van der Waals surface area contributed by atoms with Crippen LogP contribution in [0.25, 0.3) is 11.1 Å². The molecule has 2 aliphatic carbocycles. The van der Waals surface area contributed by atoms with Gasteiger partial charge in [-0.15, -0.1) is 0 Å². The molecule has 2 aromatic rings. The van der Waals surface area contributed by atoms with Crippen molar-refractivity contribution in [2.75, 3.05) is 18.4 Å². The van der Waals surface area contributed by atoms with Gasteiger partial charge in [-0.1, -0.05) is 30.7 Å². The smallest absolute Gasteiger partial charge is 0.267 e. The molecule has 180 valence electrons. The molecular weight excluding hydrogens is 434 g/mol. The summed E-state index contributed by atoms with van der Waals surface area (Å²) in [5.41, 5.74) is 9.87. The molecule has 7 N–H and O–H groups in total. The van der Waals surface area contributed by atoms with Crippen LogP contribution in [-0.2, 0) is 9.59 Å². The van der Waals surface area contributed by atoms with Gasteiger partial charge in [0.1, 0.15) is 6.04 Å². The molecule has 0 aliphatic heterocycles. The van der Waals surface area contributed by atoms with Crippen molar-refractivity contribution in [3.8, 4) is 11.1 Å². The minimum Gasteiger partial charge on any atom is -0.339 e. The molecule has 4 rings (SSSR count). The lowest BCUT2D eigenvalue weighted by Crippen LogP contribution is -2.50. The van der Waals surface area contributed by atoms with Gasteiger partial charge in [-0.2, -0.15) is 0 Å². The molecule has 0 saturated heterocycles. The molecule has 0 aromatic heterocycles. The summed E-state index contributed by atoms with van der Waals surface area (Å²) < 4.78 is 0. The van der Waals surface area contributed by atoms with E-state index >= 15 is 0 Å². The van der Waals surface area contributed by atoms with Crippen LogP contribution in [0.15, 0.2) is 48.5 Å². The highest BCUT2D eigenvalue weighted by molar-refractivity contribution is 5.98. The second-order valence-corrected chi connectivity index (χ2v) is 9.10. The summed E-state index contributed by atoms with van der Waals surface area (Å²) in [6.07, 6.45) is 5.13. The first-order valence-electron chi connectivity index (χ1n) is 11.7. The molecule has 0 spiro atoms. The van der Waals surface area contributed by atoms with Crippen LogP contribution in [0.2, 0.25) is 0 Å². The fourth-order valence-corrected chi connectivity index (χ4v) is 5.03. The van der Waals surface area contributed by atoms with Crippen molar-refractivity contribution < 1.29 is 19.6 Å². The number of carbonyl (C=O) groups excluding carboxylic acids is 3. The molecular formula is C25H31N5O4. The molecule has 2 aromatic carbocycles. The molecule has 4 atom stereocenters. The molecule has 2 fully saturated rings. The summed E-state index contributed by atoms with van der Waals surface area (Å²) in [4.78, 5) is 36.1. The van der Waals surface area contributed by atoms with E-state index < -0.39 is 17.9 Å². The van der Waals surface area contributed by atoms with Gasteiger partial charge in [0, 0.05) is 23.8 Å². The van der Waals surface area contributed by atoms with E-state index in [1.165, 1.54) is 31.2 Å². The van der Waals surface area contributed by atoms with Gasteiger partial charge in [0.15, 0.2) is 0 Å². The minimum atomic E-state index is -1.02. The van der Waals surface area contributed by atoms with Crippen molar-refractivity contribution in [3.05, 3.63) is 54.1 Å². The summed E-state index contributed by atoms with van der Waals surface area (Å²) >= 11 is 0. The Bertz CT molecular complexity index is 1020. The van der Waals surface area contributed by atoms with Gasteiger partial charge in [0.05, 0.1) is 6.54 Å². The Morgan fingerprint density at radius 1 is 0.971 bits per heavy atom. The number of amides is 3. The van der Waals surface area contributed by atoms with Crippen molar-refractivity contribution in [1.82, 2.24) is 16.1 Å². The normalized spacial score (nSPS) is 21.6. The van der Waals surface area contributed by atoms with Gasteiger partial charge in [0.2, 0.25) is 5.91 Å². The number of anilines is 1. The lowest BCUT2D eigenvalue weighted by atomic mass is 9.95. The first-order valence-corrected chi connectivity index (χ1v) is 11.7. The van der Waals surface area contributed by atoms with Crippen LogP contribution in [0.4, 0.5) is 5.69 Å². The van der Waals surface area contributed by atoms with Gasteiger partial charge in [0.25, 0.3) is 11.8 Å². The van der Waals surface area contributed by atoms with Crippen LogP contribution >= 0.6 is 0 Å². The first kappa shape index (κ1) is 23.9. The van der Waals surface area contributed by atoms with E-state index in [4.69, 9.17) is 10.9 Å². The SMILES string of the molecule is NC[C@H](NC(=O)c1ccc(-c2ccc(NC(=O)CNC3C[C@@H]4CC[C@H]3C4)cc2)cc1)C(=O)NO. The number of benzene rings is 2. The fourth-order valence-electron chi connectivity index (χ4n) is 5.03. The lowest BCUT2D eigenvalue weighted by Gasteiger charge is -2.22. The maximum Gasteiger partial charge on any atom is 0.267 e. The Kier molecular flexibility index (Phi) is 7.56. The Morgan fingerprint density at radius 3 is 2.21 bits per heavy atom. The molecule has 0 radical (unpaired) electrons. The zero-order chi connectivity index (χ0) is 24.1. The Hall–Kier alpha value is -3.27. The van der Waals surface area contributed by atoms with Crippen LogP contribution in [-0.4, -0.2) is 48.1 Å². The highest BCUT2D eigenvalue weighted by Crippen LogP contribution is 2.44. The number of hydrogen-bond donors (Lipinski definition) is 6. The highest BCUT2D eigenvalue weighted by atomic mass is 16.5. The molecule has 3 amide bonds. The molecule has 1 unspecified atom stereocenters. The quantitative estimate of drug-likeness (QED) is 0.245. The second kappa shape index (κ2) is 10.8. The van der Waals surface area contributed by atoms with Crippen LogP contribution in [0.5, 0.6) is 0 Å². The topological polar surface area (TPSA) is 146 Å². The Morgan fingerprint density at radius 2 is 1.65 bits per heavy atom. The molecule has 9 heteroatoms. The zero-order valence-electron chi connectivity index (χ0n) is 18.9. The number of carbonyl (C=O) groups is 3. The van der Waals surface area contributed by atoms with E-state index in [-0.39, 0.29) is 12.5 Å². The predicted molar refractivity (Wildman–Crippen MR) is 128 cm³/mol. The number of rotatable bonds is 9. The van der Waals surface area contributed by atoms with Crippen molar-refractivity contribution in [2.45, 2.75) is 37.8 Å². The summed E-state index contributed by atoms with van der Waals surface area (Å²) in [6, 6.07) is 13.9. The summed E-state index contributed by atoms with van der Waals surface area (Å²) in [5.74, 6) is 0.286. The van der Waals surface area contributed by atoms with Crippen LogP contribution in [0.3, 0.4) is 0 Å². The van der Waals surface area contributed by atoms with E-state index in [0.717, 1.165) is 28.7 Å². The molecule has 0 heterocycles. The van der Waals surface area contributed by atoms with Crippen molar-refractivity contribution in [3.63, 3.8) is 0 Å². The Labute approximate surface area is 198 Å². The number of nitrogens with two attached hydrogens (primary N) is 1. The maximum atomic E-state index is 12.3.